The molecule has 0 aliphatic carbocycles. The molecule has 0 fully saturated rings. The summed E-state index contributed by atoms with van der Waals surface area (Å²) in [5.41, 5.74) is 1.16. The Balaban J connectivity index is 1.97. The zero-order chi connectivity index (χ0) is 13.2. The fraction of sp³-hybridized carbons (Fsp3) is 0. The lowest BCUT2D eigenvalue weighted by molar-refractivity contribution is 0.431. The fourth-order valence-corrected chi connectivity index (χ4v) is 1.60. The zero-order valence-corrected chi connectivity index (χ0v) is 9.62. The highest BCUT2D eigenvalue weighted by atomic mass is 19.1. The average Bonchev–Trinajstić information content (AvgIpc) is 2.89. The summed E-state index contributed by atoms with van der Waals surface area (Å²) in [5, 5.41) is 13.1. The van der Waals surface area contributed by atoms with Crippen LogP contribution in [0.3, 0.4) is 0 Å². The maximum absolute atomic E-state index is 12.8. The van der Waals surface area contributed by atoms with E-state index in [2.05, 4.69) is 15.1 Å². The summed E-state index contributed by atoms with van der Waals surface area (Å²) in [6.45, 7) is 0. The lowest BCUT2D eigenvalue weighted by Gasteiger charge is -1.94. The van der Waals surface area contributed by atoms with E-state index in [1.165, 1.54) is 30.6 Å². The predicted molar refractivity (Wildman–Crippen MR) is 64.6 cm³/mol. The number of aromatic hydroxyl groups is 1. The predicted octanol–water partition coefficient (Wildman–Crippen LogP) is 2.64. The van der Waals surface area contributed by atoms with E-state index in [0.29, 0.717) is 17.0 Å². The van der Waals surface area contributed by atoms with Gasteiger partial charge in [-0.1, -0.05) is 5.16 Å². The first-order chi connectivity index (χ1) is 9.22. The van der Waals surface area contributed by atoms with Crippen LogP contribution in [0.15, 0.2) is 47.2 Å². The Kier molecular flexibility index (Phi) is 2.68. The molecule has 0 spiro atoms. The molecule has 0 radical (unpaired) electrons. The minimum Gasteiger partial charge on any atom is -0.506 e. The molecule has 0 bridgehead atoms. The van der Waals surface area contributed by atoms with Crippen molar-refractivity contribution in [1.29, 1.82) is 0 Å². The van der Waals surface area contributed by atoms with Gasteiger partial charge in [-0.25, -0.2) is 4.39 Å². The van der Waals surface area contributed by atoms with Gasteiger partial charge >= 0.3 is 0 Å². The Hall–Kier alpha value is -2.76. The highest BCUT2D eigenvalue weighted by molar-refractivity contribution is 5.59. The van der Waals surface area contributed by atoms with Gasteiger partial charge in [0.2, 0.25) is 5.82 Å². The first kappa shape index (κ1) is 11.3. The molecule has 5 nitrogen and oxygen atoms in total. The molecule has 0 saturated heterocycles. The van der Waals surface area contributed by atoms with Crippen molar-refractivity contribution in [3.8, 4) is 28.6 Å². The van der Waals surface area contributed by atoms with E-state index >= 15 is 0 Å². The Morgan fingerprint density at radius 2 is 1.84 bits per heavy atom. The van der Waals surface area contributed by atoms with Crippen LogP contribution in [0.5, 0.6) is 5.75 Å². The van der Waals surface area contributed by atoms with Gasteiger partial charge < -0.3 is 9.63 Å². The molecular formula is C13H8FN3O2. The van der Waals surface area contributed by atoms with Crippen molar-refractivity contribution in [3.63, 3.8) is 0 Å². The lowest BCUT2D eigenvalue weighted by Crippen LogP contribution is -1.82. The number of aromatic nitrogens is 3. The van der Waals surface area contributed by atoms with E-state index in [-0.39, 0.29) is 17.5 Å². The van der Waals surface area contributed by atoms with Crippen LogP contribution in [0.4, 0.5) is 4.39 Å². The van der Waals surface area contributed by atoms with Crippen molar-refractivity contribution in [1.82, 2.24) is 15.1 Å². The maximum Gasteiger partial charge on any atom is 0.259 e. The normalized spacial score (nSPS) is 10.6. The fourth-order valence-electron chi connectivity index (χ4n) is 1.60. The Bertz CT molecular complexity index is 710. The Morgan fingerprint density at radius 1 is 1.05 bits per heavy atom. The number of benzene rings is 1. The quantitative estimate of drug-likeness (QED) is 0.764. The third kappa shape index (κ3) is 2.28. The number of hydrogen-bond acceptors (Lipinski definition) is 5. The van der Waals surface area contributed by atoms with Gasteiger partial charge in [0.25, 0.3) is 5.89 Å². The van der Waals surface area contributed by atoms with Crippen molar-refractivity contribution in [3.05, 3.63) is 48.5 Å². The Labute approximate surface area is 107 Å². The van der Waals surface area contributed by atoms with Crippen LogP contribution < -0.4 is 0 Å². The summed E-state index contributed by atoms with van der Waals surface area (Å²) in [6, 6.07) is 7.23. The molecule has 0 atom stereocenters. The second-order valence-corrected chi connectivity index (χ2v) is 3.86. The van der Waals surface area contributed by atoms with E-state index < -0.39 is 0 Å². The highest BCUT2D eigenvalue weighted by Crippen LogP contribution is 2.23. The van der Waals surface area contributed by atoms with Gasteiger partial charge in [0.15, 0.2) is 0 Å². The van der Waals surface area contributed by atoms with Gasteiger partial charge in [-0.2, -0.15) is 4.98 Å². The van der Waals surface area contributed by atoms with Gasteiger partial charge in [-0.05, 0) is 30.3 Å². The van der Waals surface area contributed by atoms with Crippen LogP contribution >= 0.6 is 0 Å². The van der Waals surface area contributed by atoms with Crippen LogP contribution in [0.25, 0.3) is 22.8 Å². The molecule has 0 aliphatic heterocycles. The van der Waals surface area contributed by atoms with Gasteiger partial charge in [0, 0.05) is 11.8 Å². The lowest BCUT2D eigenvalue weighted by atomic mass is 10.2. The minimum absolute atomic E-state index is 0.0130. The average molecular weight is 257 g/mol. The monoisotopic (exact) mass is 257 g/mol. The molecule has 2 heterocycles. The summed E-state index contributed by atoms with van der Waals surface area (Å²) < 4.78 is 17.9. The van der Waals surface area contributed by atoms with E-state index in [9.17, 15) is 9.50 Å². The molecule has 6 heteroatoms. The third-order valence-corrected chi connectivity index (χ3v) is 2.50. The third-order valence-electron chi connectivity index (χ3n) is 2.50. The van der Waals surface area contributed by atoms with Crippen molar-refractivity contribution < 1.29 is 14.0 Å². The smallest absolute Gasteiger partial charge is 0.259 e. The van der Waals surface area contributed by atoms with E-state index in [1.54, 1.807) is 12.1 Å². The van der Waals surface area contributed by atoms with Crippen molar-refractivity contribution in [2.45, 2.75) is 0 Å². The largest absolute Gasteiger partial charge is 0.506 e. The van der Waals surface area contributed by atoms with Crippen LogP contribution in [0.1, 0.15) is 0 Å². The molecule has 3 rings (SSSR count). The van der Waals surface area contributed by atoms with E-state index in [0.717, 1.165) is 0 Å². The summed E-state index contributed by atoms with van der Waals surface area (Å²) in [7, 11) is 0. The molecule has 2 aromatic heterocycles. The van der Waals surface area contributed by atoms with Crippen LogP contribution in [-0.4, -0.2) is 20.2 Å². The standard InChI is InChI=1S/C13H8FN3O2/c14-10-3-1-8(2-4-10)12-16-13(19-17-12)9-5-11(18)7-15-6-9/h1-7,18H. The summed E-state index contributed by atoms with van der Waals surface area (Å²) >= 11 is 0. The number of rotatable bonds is 2. The van der Waals surface area contributed by atoms with Gasteiger partial charge in [-0.15, -0.1) is 0 Å². The second-order valence-electron chi connectivity index (χ2n) is 3.86. The van der Waals surface area contributed by atoms with E-state index in [4.69, 9.17) is 4.52 Å². The first-order valence-electron chi connectivity index (χ1n) is 5.46. The maximum atomic E-state index is 12.8. The molecule has 0 unspecified atom stereocenters. The van der Waals surface area contributed by atoms with Crippen LogP contribution in [0.2, 0.25) is 0 Å². The van der Waals surface area contributed by atoms with Crippen molar-refractivity contribution in [2.75, 3.05) is 0 Å². The van der Waals surface area contributed by atoms with Gasteiger partial charge in [-0.3, -0.25) is 4.98 Å². The molecule has 0 saturated carbocycles. The number of nitrogens with zero attached hydrogens (tertiary/aromatic N) is 3. The number of hydrogen-bond donors (Lipinski definition) is 1. The van der Waals surface area contributed by atoms with Crippen LogP contribution in [-0.2, 0) is 0 Å². The highest BCUT2D eigenvalue weighted by Gasteiger charge is 2.11. The first-order valence-corrected chi connectivity index (χ1v) is 5.46. The Morgan fingerprint density at radius 3 is 2.58 bits per heavy atom. The van der Waals surface area contributed by atoms with E-state index in [1.807, 2.05) is 0 Å². The van der Waals surface area contributed by atoms with Crippen molar-refractivity contribution >= 4 is 0 Å². The summed E-state index contributed by atoms with van der Waals surface area (Å²) in [6.07, 6.45) is 2.81. The zero-order valence-electron chi connectivity index (χ0n) is 9.62. The van der Waals surface area contributed by atoms with Crippen molar-refractivity contribution in [2.24, 2.45) is 0 Å². The number of pyridine rings is 1. The molecule has 19 heavy (non-hydrogen) atoms. The molecule has 1 N–H and O–H groups in total. The van der Waals surface area contributed by atoms with Gasteiger partial charge in [0.1, 0.15) is 11.6 Å². The molecule has 94 valence electrons. The van der Waals surface area contributed by atoms with Crippen LogP contribution in [0, 0.1) is 5.82 Å². The molecular weight excluding hydrogens is 249 g/mol. The SMILES string of the molecule is Oc1cncc(-c2nc(-c3ccc(F)cc3)no2)c1. The number of halogens is 1. The molecule has 0 amide bonds. The van der Waals surface area contributed by atoms with Gasteiger partial charge in [0.05, 0.1) is 11.8 Å². The molecule has 0 aliphatic rings. The second kappa shape index (κ2) is 4.49. The molecule has 3 aromatic rings. The summed E-state index contributed by atoms with van der Waals surface area (Å²) in [4.78, 5) is 8.00. The summed E-state index contributed by atoms with van der Waals surface area (Å²) in [5.74, 6) is 0.268. The topological polar surface area (TPSA) is 72.0 Å². The molecule has 1 aromatic carbocycles. The minimum atomic E-state index is -0.329.